The molecule has 2 amide bonds. The molecule has 0 spiro atoms. The minimum Gasteiger partial charge on any atom is -0.478 e. The maximum atomic E-state index is 12.6. The first-order valence-electron chi connectivity index (χ1n) is 7.84. The van der Waals surface area contributed by atoms with E-state index in [1.807, 2.05) is 0 Å². The summed E-state index contributed by atoms with van der Waals surface area (Å²) < 4.78 is 0. The Hall–Kier alpha value is -3.12. The van der Waals surface area contributed by atoms with Crippen LogP contribution in [0.4, 0.5) is 11.4 Å². The fraction of sp³-hybridized carbons (Fsp3) is 0.105. The number of amides is 2. The number of hydrogen-bond acceptors (Lipinski definition) is 4. The van der Waals surface area contributed by atoms with Gasteiger partial charge in [-0.2, -0.15) is 0 Å². The monoisotopic (exact) mass is 370 g/mol. The summed E-state index contributed by atoms with van der Waals surface area (Å²) in [7, 11) is 0. The number of benzene rings is 2. The maximum absolute atomic E-state index is 12.6. The van der Waals surface area contributed by atoms with Crippen LogP contribution in [0.3, 0.4) is 0 Å². The first-order valence-corrected chi connectivity index (χ1v) is 8.22. The summed E-state index contributed by atoms with van der Waals surface area (Å²) in [5, 5.41) is 12.3. The SMILES string of the molecule is O=C(O)/C=C/c1cccc(NC2CC(=O)N(c3ccc(Cl)cc3)C2=O)c1. The predicted octanol–water partition coefficient (Wildman–Crippen LogP) is 3.18. The van der Waals surface area contributed by atoms with Crippen LogP contribution in [0.2, 0.25) is 5.02 Å². The fourth-order valence-electron chi connectivity index (χ4n) is 2.71. The van der Waals surface area contributed by atoms with Gasteiger partial charge in [0.05, 0.1) is 12.1 Å². The Morgan fingerprint density at radius 3 is 2.62 bits per heavy atom. The van der Waals surface area contributed by atoms with E-state index >= 15 is 0 Å². The second-order valence-electron chi connectivity index (χ2n) is 5.74. The molecule has 6 nitrogen and oxygen atoms in total. The van der Waals surface area contributed by atoms with Crippen LogP contribution in [-0.4, -0.2) is 28.9 Å². The van der Waals surface area contributed by atoms with Crippen molar-refractivity contribution in [2.75, 3.05) is 10.2 Å². The van der Waals surface area contributed by atoms with Crippen molar-refractivity contribution in [3.8, 4) is 0 Å². The first-order chi connectivity index (χ1) is 12.4. The molecule has 1 atom stereocenters. The van der Waals surface area contributed by atoms with E-state index in [4.69, 9.17) is 16.7 Å². The zero-order valence-electron chi connectivity index (χ0n) is 13.6. The highest BCUT2D eigenvalue weighted by Gasteiger charge is 2.39. The van der Waals surface area contributed by atoms with E-state index in [1.54, 1.807) is 48.5 Å². The van der Waals surface area contributed by atoms with Crippen molar-refractivity contribution in [2.24, 2.45) is 0 Å². The van der Waals surface area contributed by atoms with E-state index in [0.717, 1.165) is 11.0 Å². The molecule has 1 unspecified atom stereocenters. The Morgan fingerprint density at radius 2 is 1.92 bits per heavy atom. The third-order valence-electron chi connectivity index (χ3n) is 3.88. The predicted molar refractivity (Wildman–Crippen MR) is 99.1 cm³/mol. The molecule has 3 rings (SSSR count). The van der Waals surface area contributed by atoms with Gasteiger partial charge in [0.15, 0.2) is 0 Å². The average Bonchev–Trinajstić information content (AvgIpc) is 2.88. The summed E-state index contributed by atoms with van der Waals surface area (Å²) >= 11 is 5.84. The van der Waals surface area contributed by atoms with Crippen molar-refractivity contribution in [1.82, 2.24) is 0 Å². The highest BCUT2D eigenvalue weighted by Crippen LogP contribution is 2.26. The van der Waals surface area contributed by atoms with Crippen LogP contribution >= 0.6 is 11.6 Å². The maximum Gasteiger partial charge on any atom is 0.328 e. The van der Waals surface area contributed by atoms with Gasteiger partial charge in [0.1, 0.15) is 6.04 Å². The number of carboxylic acids is 1. The third kappa shape index (κ3) is 3.92. The molecule has 0 saturated carbocycles. The number of carbonyl (C=O) groups is 3. The van der Waals surface area contributed by atoms with Crippen molar-refractivity contribution >= 4 is 46.8 Å². The zero-order valence-corrected chi connectivity index (χ0v) is 14.3. The number of nitrogens with zero attached hydrogens (tertiary/aromatic N) is 1. The summed E-state index contributed by atoms with van der Waals surface area (Å²) in [6, 6.07) is 12.7. The lowest BCUT2D eigenvalue weighted by Gasteiger charge is -2.16. The number of hydrogen-bond donors (Lipinski definition) is 2. The molecule has 0 aromatic heterocycles. The van der Waals surface area contributed by atoms with Crippen LogP contribution in [0.15, 0.2) is 54.6 Å². The number of anilines is 2. The van der Waals surface area contributed by atoms with Crippen molar-refractivity contribution in [2.45, 2.75) is 12.5 Å². The highest BCUT2D eigenvalue weighted by molar-refractivity contribution is 6.30. The molecule has 26 heavy (non-hydrogen) atoms. The zero-order chi connectivity index (χ0) is 18.7. The number of nitrogens with one attached hydrogen (secondary N) is 1. The van der Waals surface area contributed by atoms with Crippen molar-refractivity contribution in [1.29, 1.82) is 0 Å². The molecule has 2 aromatic rings. The molecule has 1 aliphatic rings. The van der Waals surface area contributed by atoms with Crippen LogP contribution in [0.5, 0.6) is 0 Å². The lowest BCUT2D eigenvalue weighted by Crippen LogP contribution is -2.34. The number of rotatable bonds is 5. The van der Waals surface area contributed by atoms with Gasteiger partial charge in [0, 0.05) is 16.8 Å². The average molecular weight is 371 g/mol. The van der Waals surface area contributed by atoms with Crippen LogP contribution in [0, 0.1) is 0 Å². The van der Waals surface area contributed by atoms with E-state index < -0.39 is 12.0 Å². The number of aliphatic carboxylic acids is 1. The molecule has 1 aliphatic heterocycles. The molecule has 1 fully saturated rings. The lowest BCUT2D eigenvalue weighted by atomic mass is 10.1. The summed E-state index contributed by atoms with van der Waals surface area (Å²) in [6.45, 7) is 0. The summed E-state index contributed by atoms with van der Waals surface area (Å²) in [6.07, 6.45) is 2.53. The van der Waals surface area contributed by atoms with Gasteiger partial charge < -0.3 is 10.4 Å². The largest absolute Gasteiger partial charge is 0.478 e. The molecular formula is C19H15ClN2O4. The van der Waals surface area contributed by atoms with Crippen LogP contribution in [0.1, 0.15) is 12.0 Å². The van der Waals surface area contributed by atoms with Crippen LogP contribution in [-0.2, 0) is 14.4 Å². The van der Waals surface area contributed by atoms with Gasteiger partial charge in [-0.1, -0.05) is 23.7 Å². The molecule has 7 heteroatoms. The van der Waals surface area contributed by atoms with Crippen LogP contribution < -0.4 is 10.2 Å². The smallest absolute Gasteiger partial charge is 0.328 e. The second-order valence-corrected chi connectivity index (χ2v) is 6.18. The van der Waals surface area contributed by atoms with E-state index in [0.29, 0.717) is 22.0 Å². The Labute approximate surface area is 154 Å². The van der Waals surface area contributed by atoms with Crippen molar-refractivity contribution in [3.05, 3.63) is 65.2 Å². The van der Waals surface area contributed by atoms with Gasteiger partial charge >= 0.3 is 5.97 Å². The Kier molecular flexibility index (Phi) is 5.04. The van der Waals surface area contributed by atoms with E-state index in [1.165, 1.54) is 6.08 Å². The number of halogens is 1. The molecular weight excluding hydrogens is 356 g/mol. The Bertz CT molecular complexity index is 893. The molecule has 0 radical (unpaired) electrons. The Morgan fingerprint density at radius 1 is 1.19 bits per heavy atom. The van der Waals surface area contributed by atoms with E-state index in [9.17, 15) is 14.4 Å². The van der Waals surface area contributed by atoms with E-state index in [2.05, 4.69) is 5.32 Å². The minimum atomic E-state index is -1.04. The van der Waals surface area contributed by atoms with Crippen molar-refractivity contribution in [3.63, 3.8) is 0 Å². The molecule has 2 aromatic carbocycles. The fourth-order valence-corrected chi connectivity index (χ4v) is 2.83. The van der Waals surface area contributed by atoms with Gasteiger partial charge in [-0.25, -0.2) is 9.69 Å². The highest BCUT2D eigenvalue weighted by atomic mass is 35.5. The van der Waals surface area contributed by atoms with Gasteiger partial charge in [-0.05, 0) is 48.0 Å². The van der Waals surface area contributed by atoms with Crippen LogP contribution in [0.25, 0.3) is 6.08 Å². The van der Waals surface area contributed by atoms with Gasteiger partial charge in [-0.15, -0.1) is 0 Å². The second kappa shape index (κ2) is 7.41. The number of carboxylic acid groups (broad SMARTS) is 1. The lowest BCUT2D eigenvalue weighted by molar-refractivity contribution is -0.131. The third-order valence-corrected chi connectivity index (χ3v) is 4.13. The normalized spacial score (nSPS) is 17.1. The summed E-state index contributed by atoms with van der Waals surface area (Å²) in [5.74, 6) is -1.68. The summed E-state index contributed by atoms with van der Waals surface area (Å²) in [5.41, 5.74) is 1.78. The summed E-state index contributed by atoms with van der Waals surface area (Å²) in [4.78, 5) is 36.6. The van der Waals surface area contributed by atoms with Crippen molar-refractivity contribution < 1.29 is 19.5 Å². The van der Waals surface area contributed by atoms with Gasteiger partial charge in [0.25, 0.3) is 5.91 Å². The molecule has 0 aliphatic carbocycles. The quantitative estimate of drug-likeness (QED) is 0.623. The molecule has 0 bridgehead atoms. The number of imide groups is 1. The molecule has 132 valence electrons. The van der Waals surface area contributed by atoms with E-state index in [-0.39, 0.29) is 18.2 Å². The molecule has 2 N–H and O–H groups in total. The number of carbonyl (C=O) groups excluding carboxylic acids is 2. The topological polar surface area (TPSA) is 86.7 Å². The van der Waals surface area contributed by atoms with Gasteiger partial charge in [-0.3, -0.25) is 9.59 Å². The first kappa shape index (κ1) is 17.7. The standard InChI is InChI=1S/C19H15ClN2O4/c20-13-5-7-15(8-6-13)22-17(23)11-16(19(22)26)21-14-3-1-2-12(10-14)4-9-18(24)25/h1-10,16,21H,11H2,(H,24,25)/b9-4+. The molecule has 1 saturated heterocycles. The molecule has 1 heterocycles. The Balaban J connectivity index is 1.76. The van der Waals surface area contributed by atoms with Gasteiger partial charge in [0.2, 0.25) is 5.91 Å². The minimum absolute atomic E-state index is 0.0383.